The minimum absolute atomic E-state index is 0.343. The lowest BCUT2D eigenvalue weighted by molar-refractivity contribution is 0.395. The molecule has 0 heterocycles. The first-order chi connectivity index (χ1) is 8.95. The van der Waals surface area contributed by atoms with E-state index in [1.807, 2.05) is 13.0 Å². The first-order valence-electron chi connectivity index (χ1n) is 6.40. The standard InChI is InChI=1S/C13H17Br2NO2S/c1-2-7-16(9-10-3-4-10)19(17,18)13-8-11(14)5-6-12(13)15/h5-6,8,10H,2-4,7,9H2,1H3. The summed E-state index contributed by atoms with van der Waals surface area (Å²) in [6.07, 6.45) is 3.13. The lowest BCUT2D eigenvalue weighted by Gasteiger charge is -2.22. The summed E-state index contributed by atoms with van der Waals surface area (Å²) in [5, 5.41) is 0. The van der Waals surface area contributed by atoms with E-state index in [0.717, 1.165) is 23.7 Å². The Bertz CT molecular complexity index is 556. The third-order valence-electron chi connectivity index (χ3n) is 3.14. The van der Waals surface area contributed by atoms with Crippen LogP contribution in [0.1, 0.15) is 26.2 Å². The fraction of sp³-hybridized carbons (Fsp3) is 0.538. The van der Waals surface area contributed by atoms with Crippen LogP contribution in [-0.4, -0.2) is 25.8 Å². The average Bonchev–Trinajstić information content (AvgIpc) is 3.15. The summed E-state index contributed by atoms with van der Waals surface area (Å²) in [6, 6.07) is 5.25. The van der Waals surface area contributed by atoms with Crippen LogP contribution in [-0.2, 0) is 10.0 Å². The molecule has 0 radical (unpaired) electrons. The summed E-state index contributed by atoms with van der Waals surface area (Å²) in [7, 11) is -3.41. The SMILES string of the molecule is CCCN(CC1CC1)S(=O)(=O)c1cc(Br)ccc1Br. The molecule has 106 valence electrons. The predicted octanol–water partition coefficient (Wildman–Crippen LogP) is 4.02. The Morgan fingerprint density at radius 1 is 1.32 bits per heavy atom. The molecular weight excluding hydrogens is 394 g/mol. The van der Waals surface area contributed by atoms with Crippen molar-refractivity contribution in [2.75, 3.05) is 13.1 Å². The molecule has 1 aromatic rings. The summed E-state index contributed by atoms with van der Waals surface area (Å²) < 4.78 is 28.5. The highest BCUT2D eigenvalue weighted by Crippen LogP contribution is 2.33. The molecule has 0 aliphatic heterocycles. The van der Waals surface area contributed by atoms with Gasteiger partial charge in [-0.1, -0.05) is 22.9 Å². The van der Waals surface area contributed by atoms with Crippen LogP contribution >= 0.6 is 31.9 Å². The highest BCUT2D eigenvalue weighted by Gasteiger charge is 2.32. The second-order valence-corrected chi connectivity index (χ2v) is 8.56. The zero-order chi connectivity index (χ0) is 14.0. The lowest BCUT2D eigenvalue weighted by atomic mass is 10.4. The average molecular weight is 411 g/mol. The number of hydrogen-bond donors (Lipinski definition) is 0. The molecule has 1 aliphatic carbocycles. The number of hydrogen-bond acceptors (Lipinski definition) is 2. The van der Waals surface area contributed by atoms with Gasteiger partial charge in [0.05, 0.1) is 4.90 Å². The topological polar surface area (TPSA) is 37.4 Å². The van der Waals surface area contributed by atoms with Crippen LogP contribution in [0.15, 0.2) is 32.0 Å². The molecule has 2 rings (SSSR count). The van der Waals surface area contributed by atoms with E-state index in [0.29, 0.717) is 28.4 Å². The molecule has 0 unspecified atom stereocenters. The second kappa shape index (κ2) is 6.24. The van der Waals surface area contributed by atoms with E-state index in [9.17, 15) is 8.42 Å². The van der Waals surface area contributed by atoms with Gasteiger partial charge >= 0.3 is 0 Å². The van der Waals surface area contributed by atoms with Gasteiger partial charge in [-0.3, -0.25) is 0 Å². The van der Waals surface area contributed by atoms with Crippen molar-refractivity contribution in [2.24, 2.45) is 5.92 Å². The first kappa shape index (κ1) is 15.5. The third kappa shape index (κ3) is 3.80. The van der Waals surface area contributed by atoms with Crippen molar-refractivity contribution in [1.29, 1.82) is 0 Å². The molecule has 0 atom stereocenters. The Kier molecular flexibility index (Phi) is 5.09. The smallest absolute Gasteiger partial charge is 0.207 e. The van der Waals surface area contributed by atoms with Crippen LogP contribution in [0.25, 0.3) is 0 Å². The maximum atomic E-state index is 12.7. The van der Waals surface area contributed by atoms with Crippen molar-refractivity contribution in [3.8, 4) is 0 Å². The van der Waals surface area contributed by atoms with Gasteiger partial charge < -0.3 is 0 Å². The molecule has 1 aromatic carbocycles. The van der Waals surface area contributed by atoms with Gasteiger partial charge in [0.1, 0.15) is 0 Å². The predicted molar refractivity (Wildman–Crippen MR) is 83.6 cm³/mol. The summed E-state index contributed by atoms with van der Waals surface area (Å²) in [5.74, 6) is 0.548. The quantitative estimate of drug-likeness (QED) is 0.710. The van der Waals surface area contributed by atoms with Gasteiger partial charge in [-0.2, -0.15) is 4.31 Å². The highest BCUT2D eigenvalue weighted by atomic mass is 79.9. The number of sulfonamides is 1. The van der Waals surface area contributed by atoms with Crippen molar-refractivity contribution in [3.63, 3.8) is 0 Å². The van der Waals surface area contributed by atoms with Gasteiger partial charge in [0.25, 0.3) is 0 Å². The van der Waals surface area contributed by atoms with Crippen molar-refractivity contribution >= 4 is 41.9 Å². The molecule has 1 saturated carbocycles. The van der Waals surface area contributed by atoms with E-state index < -0.39 is 10.0 Å². The number of benzene rings is 1. The Hall–Kier alpha value is 0.0900. The normalized spacial score (nSPS) is 16.0. The van der Waals surface area contributed by atoms with Crippen LogP contribution in [0, 0.1) is 5.92 Å². The van der Waals surface area contributed by atoms with Crippen LogP contribution in [0.4, 0.5) is 0 Å². The molecule has 0 amide bonds. The minimum atomic E-state index is -3.41. The van der Waals surface area contributed by atoms with E-state index in [1.54, 1.807) is 16.4 Å². The molecule has 3 nitrogen and oxygen atoms in total. The molecular formula is C13H17Br2NO2S. The van der Waals surface area contributed by atoms with Crippen molar-refractivity contribution in [1.82, 2.24) is 4.31 Å². The van der Waals surface area contributed by atoms with Gasteiger partial charge in [0, 0.05) is 22.0 Å². The summed E-state index contributed by atoms with van der Waals surface area (Å²) in [5.41, 5.74) is 0. The van der Waals surface area contributed by atoms with Crippen LogP contribution in [0.5, 0.6) is 0 Å². The Morgan fingerprint density at radius 2 is 2.00 bits per heavy atom. The van der Waals surface area contributed by atoms with Gasteiger partial charge in [0.2, 0.25) is 10.0 Å². The van der Waals surface area contributed by atoms with E-state index in [1.165, 1.54) is 0 Å². The number of halogens is 2. The van der Waals surface area contributed by atoms with E-state index in [2.05, 4.69) is 31.9 Å². The molecule has 0 bridgehead atoms. The van der Waals surface area contributed by atoms with Gasteiger partial charge in [-0.25, -0.2) is 8.42 Å². The van der Waals surface area contributed by atoms with Gasteiger partial charge in [-0.15, -0.1) is 0 Å². The zero-order valence-corrected chi connectivity index (χ0v) is 14.8. The lowest BCUT2D eigenvalue weighted by Crippen LogP contribution is -2.33. The van der Waals surface area contributed by atoms with Crippen molar-refractivity contribution in [3.05, 3.63) is 27.1 Å². The summed E-state index contributed by atoms with van der Waals surface area (Å²) in [4.78, 5) is 0.343. The fourth-order valence-corrected chi connectivity index (χ4v) is 5.03. The molecule has 0 spiro atoms. The molecule has 6 heteroatoms. The van der Waals surface area contributed by atoms with E-state index >= 15 is 0 Å². The van der Waals surface area contributed by atoms with Crippen LogP contribution in [0.2, 0.25) is 0 Å². The monoisotopic (exact) mass is 409 g/mol. The molecule has 0 aromatic heterocycles. The molecule has 0 N–H and O–H groups in total. The zero-order valence-electron chi connectivity index (χ0n) is 10.8. The molecule has 1 aliphatic rings. The fourth-order valence-electron chi connectivity index (χ4n) is 1.96. The molecule has 0 saturated heterocycles. The largest absolute Gasteiger partial charge is 0.244 e. The molecule has 1 fully saturated rings. The summed E-state index contributed by atoms with van der Waals surface area (Å²) >= 11 is 6.68. The number of rotatable bonds is 6. The second-order valence-electron chi connectivity index (χ2n) is 4.88. The minimum Gasteiger partial charge on any atom is -0.207 e. The Labute approximate surface area is 131 Å². The van der Waals surface area contributed by atoms with E-state index in [4.69, 9.17) is 0 Å². The number of nitrogens with zero attached hydrogens (tertiary/aromatic N) is 1. The van der Waals surface area contributed by atoms with Crippen molar-refractivity contribution < 1.29 is 8.42 Å². The summed E-state index contributed by atoms with van der Waals surface area (Å²) in [6.45, 7) is 3.23. The molecule has 19 heavy (non-hydrogen) atoms. The van der Waals surface area contributed by atoms with Crippen LogP contribution in [0.3, 0.4) is 0 Å². The van der Waals surface area contributed by atoms with Crippen LogP contribution < -0.4 is 0 Å². The van der Waals surface area contributed by atoms with Gasteiger partial charge in [0.15, 0.2) is 0 Å². The van der Waals surface area contributed by atoms with Gasteiger partial charge in [-0.05, 0) is 59.3 Å². The maximum absolute atomic E-state index is 12.7. The highest BCUT2D eigenvalue weighted by molar-refractivity contribution is 9.11. The first-order valence-corrected chi connectivity index (χ1v) is 9.43. The van der Waals surface area contributed by atoms with E-state index in [-0.39, 0.29) is 0 Å². The Balaban J connectivity index is 2.34. The maximum Gasteiger partial charge on any atom is 0.244 e. The Morgan fingerprint density at radius 3 is 2.58 bits per heavy atom. The van der Waals surface area contributed by atoms with Crippen molar-refractivity contribution in [2.45, 2.75) is 31.1 Å². The third-order valence-corrected chi connectivity index (χ3v) is 6.50.